The molecule has 0 bridgehead atoms. The summed E-state index contributed by atoms with van der Waals surface area (Å²) in [5.74, 6) is 1.21. The molecule has 0 aliphatic heterocycles. The molecule has 0 fully saturated rings. The van der Waals surface area contributed by atoms with Gasteiger partial charge < -0.3 is 14.2 Å². The quantitative estimate of drug-likeness (QED) is 0.763. The van der Waals surface area contributed by atoms with Gasteiger partial charge >= 0.3 is 0 Å². The van der Waals surface area contributed by atoms with Crippen LogP contribution in [0.1, 0.15) is 23.0 Å². The highest BCUT2D eigenvalue weighted by Gasteiger charge is 2.20. The van der Waals surface area contributed by atoms with Gasteiger partial charge in [0.2, 0.25) is 11.5 Å². The number of methoxy groups -OCH3 is 3. The van der Waals surface area contributed by atoms with Crippen LogP contribution in [0.2, 0.25) is 0 Å². The second-order valence-corrected chi connectivity index (χ2v) is 4.28. The number of ether oxygens (including phenoxy) is 3. The summed E-state index contributed by atoms with van der Waals surface area (Å²) in [5, 5.41) is 4.11. The fourth-order valence-electron chi connectivity index (χ4n) is 2.14. The molecule has 21 heavy (non-hydrogen) atoms. The first-order valence-corrected chi connectivity index (χ1v) is 6.52. The van der Waals surface area contributed by atoms with Gasteiger partial charge in [0.1, 0.15) is 5.69 Å². The summed E-state index contributed by atoms with van der Waals surface area (Å²) in [6.45, 7) is 2.55. The van der Waals surface area contributed by atoms with Crippen LogP contribution in [0.3, 0.4) is 0 Å². The summed E-state index contributed by atoms with van der Waals surface area (Å²) in [5.41, 5.74) is 0.978. The highest BCUT2D eigenvalue weighted by Crippen LogP contribution is 2.38. The predicted molar refractivity (Wildman–Crippen MR) is 77.4 cm³/mol. The Kier molecular flexibility index (Phi) is 4.47. The van der Waals surface area contributed by atoms with Crippen LogP contribution in [0.4, 0.5) is 0 Å². The lowest BCUT2D eigenvalue weighted by atomic mass is 10.1. The molecule has 112 valence electrons. The van der Waals surface area contributed by atoms with E-state index in [1.54, 1.807) is 29.1 Å². The van der Waals surface area contributed by atoms with Crippen LogP contribution in [-0.4, -0.2) is 36.9 Å². The zero-order valence-corrected chi connectivity index (χ0v) is 12.5. The van der Waals surface area contributed by atoms with Crippen molar-refractivity contribution in [2.75, 3.05) is 21.3 Å². The molecule has 1 aromatic heterocycles. The van der Waals surface area contributed by atoms with E-state index in [-0.39, 0.29) is 5.78 Å². The highest BCUT2D eigenvalue weighted by atomic mass is 16.5. The topological polar surface area (TPSA) is 62.6 Å². The van der Waals surface area contributed by atoms with E-state index in [4.69, 9.17) is 14.2 Å². The molecule has 0 radical (unpaired) electrons. The summed E-state index contributed by atoms with van der Waals surface area (Å²) >= 11 is 0. The number of aromatic nitrogens is 2. The number of carbonyl (C=O) groups is 1. The monoisotopic (exact) mass is 290 g/mol. The van der Waals surface area contributed by atoms with Gasteiger partial charge in [-0.2, -0.15) is 5.10 Å². The molecule has 1 aromatic carbocycles. The molecule has 0 saturated heterocycles. The minimum atomic E-state index is -0.145. The first-order chi connectivity index (χ1) is 10.2. The third-order valence-corrected chi connectivity index (χ3v) is 3.18. The van der Waals surface area contributed by atoms with Gasteiger partial charge in [-0.1, -0.05) is 0 Å². The Morgan fingerprint density at radius 2 is 1.76 bits per heavy atom. The first kappa shape index (κ1) is 14.9. The van der Waals surface area contributed by atoms with E-state index in [1.807, 2.05) is 6.92 Å². The van der Waals surface area contributed by atoms with E-state index in [9.17, 15) is 4.79 Å². The molecule has 0 saturated carbocycles. The Labute approximate surface area is 123 Å². The molecular weight excluding hydrogens is 272 g/mol. The van der Waals surface area contributed by atoms with E-state index in [2.05, 4.69) is 5.10 Å². The van der Waals surface area contributed by atoms with E-state index in [0.29, 0.717) is 35.1 Å². The number of hydrogen-bond donors (Lipinski definition) is 0. The van der Waals surface area contributed by atoms with Gasteiger partial charge in [-0.3, -0.25) is 9.48 Å². The van der Waals surface area contributed by atoms with Crippen molar-refractivity contribution in [3.05, 3.63) is 35.7 Å². The number of nitrogens with zero attached hydrogens (tertiary/aromatic N) is 2. The third-order valence-electron chi connectivity index (χ3n) is 3.18. The Balaban J connectivity index is 2.51. The van der Waals surface area contributed by atoms with Gasteiger partial charge in [-0.15, -0.1) is 0 Å². The average molecular weight is 290 g/mol. The second-order valence-electron chi connectivity index (χ2n) is 4.28. The minimum Gasteiger partial charge on any atom is -0.493 e. The molecule has 2 aromatic rings. The zero-order valence-electron chi connectivity index (χ0n) is 12.5. The molecular formula is C15H18N2O4. The van der Waals surface area contributed by atoms with Crippen LogP contribution >= 0.6 is 0 Å². The Morgan fingerprint density at radius 1 is 1.14 bits per heavy atom. The zero-order chi connectivity index (χ0) is 15.4. The first-order valence-electron chi connectivity index (χ1n) is 6.52. The second kappa shape index (κ2) is 6.30. The maximum absolute atomic E-state index is 12.6. The van der Waals surface area contributed by atoms with Crippen LogP contribution in [-0.2, 0) is 6.54 Å². The van der Waals surface area contributed by atoms with Crippen molar-refractivity contribution in [3.8, 4) is 17.2 Å². The van der Waals surface area contributed by atoms with Crippen molar-refractivity contribution in [2.45, 2.75) is 13.5 Å². The summed E-state index contributed by atoms with van der Waals surface area (Å²) in [4.78, 5) is 12.6. The largest absolute Gasteiger partial charge is 0.493 e. The molecule has 0 aliphatic carbocycles. The van der Waals surface area contributed by atoms with E-state index in [1.165, 1.54) is 21.3 Å². The van der Waals surface area contributed by atoms with Crippen molar-refractivity contribution in [1.82, 2.24) is 9.78 Å². The average Bonchev–Trinajstić information content (AvgIpc) is 3.01. The van der Waals surface area contributed by atoms with Crippen LogP contribution in [0.5, 0.6) is 17.2 Å². The lowest BCUT2D eigenvalue weighted by Crippen LogP contribution is -2.11. The summed E-state index contributed by atoms with van der Waals surface area (Å²) < 4.78 is 17.4. The van der Waals surface area contributed by atoms with Crippen molar-refractivity contribution in [1.29, 1.82) is 0 Å². The highest BCUT2D eigenvalue weighted by molar-refractivity contribution is 6.08. The Bertz CT molecular complexity index is 624. The number of benzene rings is 1. The molecule has 0 aliphatic rings. The number of carbonyl (C=O) groups excluding carboxylic acids is 1. The van der Waals surface area contributed by atoms with Crippen molar-refractivity contribution in [2.24, 2.45) is 0 Å². The molecule has 2 rings (SSSR count). The predicted octanol–water partition coefficient (Wildman–Crippen LogP) is 2.16. The third kappa shape index (κ3) is 2.69. The molecule has 0 unspecified atom stereocenters. The van der Waals surface area contributed by atoms with E-state index >= 15 is 0 Å². The standard InChI is InChI=1S/C15H18N2O4/c1-5-17-11(6-7-16-17)14(18)10-8-12(19-2)15(21-4)13(9-10)20-3/h6-9H,5H2,1-4H3. The Hall–Kier alpha value is -2.50. The maximum Gasteiger partial charge on any atom is 0.211 e. The van der Waals surface area contributed by atoms with Gasteiger partial charge in [0.25, 0.3) is 0 Å². The van der Waals surface area contributed by atoms with Crippen LogP contribution in [0, 0.1) is 0 Å². The fourth-order valence-corrected chi connectivity index (χ4v) is 2.14. The summed E-state index contributed by atoms with van der Waals surface area (Å²) in [6.07, 6.45) is 1.61. The van der Waals surface area contributed by atoms with Gasteiger partial charge in [-0.25, -0.2) is 0 Å². The molecule has 0 N–H and O–H groups in total. The lowest BCUT2D eigenvalue weighted by molar-refractivity contribution is 0.102. The van der Waals surface area contributed by atoms with E-state index < -0.39 is 0 Å². The van der Waals surface area contributed by atoms with Crippen LogP contribution in [0.15, 0.2) is 24.4 Å². The molecule has 6 nitrogen and oxygen atoms in total. The number of ketones is 1. The fraction of sp³-hybridized carbons (Fsp3) is 0.333. The number of aryl methyl sites for hydroxylation is 1. The SMILES string of the molecule is CCn1nccc1C(=O)c1cc(OC)c(OC)c(OC)c1. The van der Waals surface area contributed by atoms with Crippen molar-refractivity contribution in [3.63, 3.8) is 0 Å². The smallest absolute Gasteiger partial charge is 0.211 e. The Morgan fingerprint density at radius 3 is 2.24 bits per heavy atom. The molecule has 0 atom stereocenters. The lowest BCUT2D eigenvalue weighted by Gasteiger charge is -2.13. The van der Waals surface area contributed by atoms with Crippen molar-refractivity contribution < 1.29 is 19.0 Å². The molecule has 0 amide bonds. The summed E-state index contributed by atoms with van der Waals surface area (Å²) in [7, 11) is 4.55. The number of hydrogen-bond acceptors (Lipinski definition) is 5. The van der Waals surface area contributed by atoms with Gasteiger partial charge in [0.15, 0.2) is 11.5 Å². The van der Waals surface area contributed by atoms with Crippen LogP contribution in [0.25, 0.3) is 0 Å². The number of rotatable bonds is 6. The molecule has 1 heterocycles. The van der Waals surface area contributed by atoms with E-state index in [0.717, 1.165) is 0 Å². The van der Waals surface area contributed by atoms with Crippen molar-refractivity contribution >= 4 is 5.78 Å². The molecule has 6 heteroatoms. The van der Waals surface area contributed by atoms with Gasteiger partial charge in [0, 0.05) is 18.3 Å². The van der Waals surface area contributed by atoms with Gasteiger partial charge in [0.05, 0.1) is 21.3 Å². The van der Waals surface area contributed by atoms with Gasteiger partial charge in [-0.05, 0) is 25.1 Å². The normalized spacial score (nSPS) is 10.3. The molecule has 0 spiro atoms. The maximum atomic E-state index is 12.6. The summed E-state index contributed by atoms with van der Waals surface area (Å²) in [6, 6.07) is 4.96. The van der Waals surface area contributed by atoms with Crippen LogP contribution < -0.4 is 14.2 Å². The minimum absolute atomic E-state index is 0.145.